The fourth-order valence-electron chi connectivity index (χ4n) is 2.65. The van der Waals surface area contributed by atoms with E-state index in [0.717, 1.165) is 21.5 Å². The van der Waals surface area contributed by atoms with E-state index in [1.165, 1.54) is 0 Å². The van der Waals surface area contributed by atoms with E-state index in [4.69, 9.17) is 4.42 Å². The summed E-state index contributed by atoms with van der Waals surface area (Å²) in [6.45, 7) is 2.80. The largest absolute Gasteiger partial charge is 0.467 e. The molecule has 0 bridgehead atoms. The maximum absolute atomic E-state index is 12.4. The third kappa shape index (κ3) is 3.64. The molecular formula is C17H17BrN2O3. The molecule has 1 atom stereocenters. The second kappa shape index (κ2) is 6.58. The number of hydrogen-bond donors (Lipinski definition) is 1. The van der Waals surface area contributed by atoms with Crippen molar-refractivity contribution in [2.45, 2.75) is 19.9 Å². The molecule has 5 nitrogen and oxygen atoms in total. The molecule has 2 amide bonds. The minimum atomic E-state index is -0.342. The number of nitrogens with one attached hydrogen (secondary N) is 1. The van der Waals surface area contributed by atoms with Gasteiger partial charge in [-0.2, -0.15) is 0 Å². The predicted octanol–water partition coefficient (Wildman–Crippen LogP) is 3.34. The molecule has 0 aliphatic carbocycles. The maximum atomic E-state index is 12.4. The Morgan fingerprint density at radius 2 is 2.26 bits per heavy atom. The number of likely N-dealkylation sites (tertiary alicyclic amines) is 1. The summed E-state index contributed by atoms with van der Waals surface area (Å²) in [7, 11) is 0. The molecule has 1 N–H and O–H groups in total. The van der Waals surface area contributed by atoms with Crippen LogP contribution in [-0.2, 0) is 16.1 Å². The highest BCUT2D eigenvalue weighted by Crippen LogP contribution is 2.26. The second-order valence-electron chi connectivity index (χ2n) is 5.73. The zero-order valence-corrected chi connectivity index (χ0v) is 14.3. The number of aryl methyl sites for hydroxylation is 1. The van der Waals surface area contributed by atoms with Crippen molar-refractivity contribution in [1.82, 2.24) is 4.90 Å². The smallest absolute Gasteiger partial charge is 0.229 e. The van der Waals surface area contributed by atoms with Gasteiger partial charge in [0, 0.05) is 17.4 Å². The third-order valence-corrected chi connectivity index (χ3v) is 4.55. The zero-order chi connectivity index (χ0) is 16.4. The van der Waals surface area contributed by atoms with E-state index in [1.54, 1.807) is 17.2 Å². The van der Waals surface area contributed by atoms with E-state index in [0.29, 0.717) is 13.1 Å². The Morgan fingerprint density at radius 1 is 1.43 bits per heavy atom. The summed E-state index contributed by atoms with van der Waals surface area (Å²) in [5.74, 6) is 0.223. The molecule has 1 aliphatic rings. The Morgan fingerprint density at radius 3 is 2.96 bits per heavy atom. The molecule has 1 aromatic heterocycles. The average Bonchev–Trinajstić information content (AvgIpc) is 3.13. The summed E-state index contributed by atoms with van der Waals surface area (Å²) in [6.07, 6.45) is 1.81. The molecule has 23 heavy (non-hydrogen) atoms. The summed E-state index contributed by atoms with van der Waals surface area (Å²) < 4.78 is 6.10. The molecule has 120 valence electrons. The van der Waals surface area contributed by atoms with Crippen molar-refractivity contribution < 1.29 is 14.0 Å². The molecule has 1 fully saturated rings. The van der Waals surface area contributed by atoms with Gasteiger partial charge >= 0.3 is 0 Å². The number of rotatable bonds is 4. The fourth-order valence-corrected chi connectivity index (χ4v) is 3.24. The quantitative estimate of drug-likeness (QED) is 0.889. The number of hydrogen-bond acceptors (Lipinski definition) is 3. The van der Waals surface area contributed by atoms with Gasteiger partial charge < -0.3 is 14.6 Å². The molecule has 1 aliphatic heterocycles. The van der Waals surface area contributed by atoms with Crippen LogP contribution in [-0.4, -0.2) is 23.3 Å². The lowest BCUT2D eigenvalue weighted by Crippen LogP contribution is -2.28. The molecule has 0 unspecified atom stereocenters. The Balaban J connectivity index is 1.63. The first-order chi connectivity index (χ1) is 11.0. The number of carbonyl (C=O) groups excluding carboxylic acids is 2. The molecule has 0 spiro atoms. The van der Waals surface area contributed by atoms with Crippen LogP contribution >= 0.6 is 15.9 Å². The highest BCUT2D eigenvalue weighted by atomic mass is 79.9. The van der Waals surface area contributed by atoms with Crippen LogP contribution in [0, 0.1) is 12.8 Å². The summed E-state index contributed by atoms with van der Waals surface area (Å²) in [6, 6.07) is 9.34. The van der Waals surface area contributed by atoms with Crippen LogP contribution in [0.4, 0.5) is 5.69 Å². The van der Waals surface area contributed by atoms with Crippen LogP contribution in [0.25, 0.3) is 0 Å². The van der Waals surface area contributed by atoms with Crippen molar-refractivity contribution >= 4 is 33.4 Å². The molecule has 2 heterocycles. The number of furan rings is 1. The van der Waals surface area contributed by atoms with Gasteiger partial charge in [-0.1, -0.05) is 6.07 Å². The van der Waals surface area contributed by atoms with E-state index in [9.17, 15) is 9.59 Å². The highest BCUT2D eigenvalue weighted by Gasteiger charge is 2.34. The molecule has 2 aromatic rings. The Kier molecular flexibility index (Phi) is 4.52. The van der Waals surface area contributed by atoms with Crippen molar-refractivity contribution in [1.29, 1.82) is 0 Å². The van der Waals surface area contributed by atoms with E-state index in [1.807, 2.05) is 31.2 Å². The molecule has 1 saturated heterocycles. The lowest BCUT2D eigenvalue weighted by atomic mass is 10.1. The van der Waals surface area contributed by atoms with Gasteiger partial charge in [-0.3, -0.25) is 9.59 Å². The lowest BCUT2D eigenvalue weighted by Gasteiger charge is -2.15. The topological polar surface area (TPSA) is 62.6 Å². The molecule has 1 aromatic carbocycles. The van der Waals surface area contributed by atoms with Crippen LogP contribution in [0.5, 0.6) is 0 Å². The fraction of sp³-hybridized carbons (Fsp3) is 0.294. The van der Waals surface area contributed by atoms with Crippen molar-refractivity contribution in [2.24, 2.45) is 5.92 Å². The van der Waals surface area contributed by atoms with Crippen molar-refractivity contribution in [3.05, 3.63) is 52.4 Å². The summed E-state index contributed by atoms with van der Waals surface area (Å²) >= 11 is 3.44. The number of benzene rings is 1. The number of anilines is 1. The van der Waals surface area contributed by atoms with Crippen molar-refractivity contribution in [2.75, 3.05) is 11.9 Å². The molecule has 6 heteroatoms. The zero-order valence-electron chi connectivity index (χ0n) is 12.7. The monoisotopic (exact) mass is 376 g/mol. The third-order valence-electron chi connectivity index (χ3n) is 3.89. The Labute approximate surface area is 142 Å². The summed E-state index contributed by atoms with van der Waals surface area (Å²) in [4.78, 5) is 26.1. The molecule has 0 saturated carbocycles. The second-order valence-corrected chi connectivity index (χ2v) is 6.58. The summed E-state index contributed by atoms with van der Waals surface area (Å²) in [5, 5.41) is 2.89. The van der Waals surface area contributed by atoms with Gasteiger partial charge in [0.05, 0.1) is 24.4 Å². The van der Waals surface area contributed by atoms with E-state index in [-0.39, 0.29) is 24.2 Å². The first-order valence-corrected chi connectivity index (χ1v) is 8.19. The van der Waals surface area contributed by atoms with Crippen LogP contribution in [0.2, 0.25) is 0 Å². The van der Waals surface area contributed by atoms with Crippen LogP contribution in [0.1, 0.15) is 17.7 Å². The SMILES string of the molecule is Cc1ccc(NC(=O)[C@@H]2CC(=O)N(Cc3ccco3)C2)c(Br)c1. The standard InChI is InChI=1S/C17H17BrN2O3/c1-11-4-5-15(14(18)7-11)19-17(22)12-8-16(21)20(9-12)10-13-3-2-6-23-13/h2-7,12H,8-10H2,1H3,(H,19,22)/t12-/m1/s1. The lowest BCUT2D eigenvalue weighted by molar-refractivity contribution is -0.128. The Hall–Kier alpha value is -2.08. The number of amides is 2. The van der Waals surface area contributed by atoms with Gasteiger partial charge in [-0.05, 0) is 52.7 Å². The van der Waals surface area contributed by atoms with Crippen LogP contribution in [0.15, 0.2) is 45.5 Å². The van der Waals surface area contributed by atoms with Gasteiger partial charge in [0.15, 0.2) is 0 Å². The van der Waals surface area contributed by atoms with E-state index in [2.05, 4.69) is 21.2 Å². The van der Waals surface area contributed by atoms with Gasteiger partial charge in [0.2, 0.25) is 11.8 Å². The molecule has 0 radical (unpaired) electrons. The summed E-state index contributed by atoms with van der Waals surface area (Å²) in [5.41, 5.74) is 1.83. The molecular weight excluding hydrogens is 360 g/mol. The van der Waals surface area contributed by atoms with Crippen molar-refractivity contribution in [3.8, 4) is 0 Å². The van der Waals surface area contributed by atoms with E-state index < -0.39 is 0 Å². The van der Waals surface area contributed by atoms with Gasteiger partial charge in [0.25, 0.3) is 0 Å². The minimum Gasteiger partial charge on any atom is -0.467 e. The normalized spacial score (nSPS) is 17.6. The number of nitrogens with zero attached hydrogens (tertiary/aromatic N) is 1. The first kappa shape index (κ1) is 15.8. The number of halogens is 1. The van der Waals surface area contributed by atoms with Crippen LogP contribution < -0.4 is 5.32 Å². The maximum Gasteiger partial charge on any atom is 0.229 e. The van der Waals surface area contributed by atoms with Gasteiger partial charge in [0.1, 0.15) is 5.76 Å². The van der Waals surface area contributed by atoms with Crippen LogP contribution in [0.3, 0.4) is 0 Å². The Bertz CT molecular complexity index is 727. The highest BCUT2D eigenvalue weighted by molar-refractivity contribution is 9.10. The van der Waals surface area contributed by atoms with Gasteiger partial charge in [-0.25, -0.2) is 0 Å². The predicted molar refractivity (Wildman–Crippen MR) is 89.7 cm³/mol. The van der Waals surface area contributed by atoms with Gasteiger partial charge in [-0.15, -0.1) is 0 Å². The van der Waals surface area contributed by atoms with Crippen molar-refractivity contribution in [3.63, 3.8) is 0 Å². The number of carbonyl (C=O) groups is 2. The average molecular weight is 377 g/mol. The molecule has 3 rings (SSSR count). The van der Waals surface area contributed by atoms with E-state index >= 15 is 0 Å². The minimum absolute atomic E-state index is 0.0236. The first-order valence-electron chi connectivity index (χ1n) is 7.40.